The number of rotatable bonds is 8. The van der Waals surface area contributed by atoms with Crippen molar-refractivity contribution in [3.63, 3.8) is 0 Å². The summed E-state index contributed by atoms with van der Waals surface area (Å²) in [5.41, 5.74) is 17.0. The minimum atomic E-state index is -3.22. The lowest BCUT2D eigenvalue weighted by molar-refractivity contribution is 0.992. The second-order valence-electron chi connectivity index (χ2n) is 18.6. The summed E-state index contributed by atoms with van der Waals surface area (Å²) in [6, 6.07) is 79.6. The average Bonchev–Trinajstić information content (AvgIpc) is 4.33. The van der Waals surface area contributed by atoms with Crippen LogP contribution >= 0.6 is 0 Å². The minimum Gasteiger partial charge on any atom is -0.293 e. The molecule has 12 nitrogen and oxygen atoms in total. The maximum Gasteiger partial charge on any atom is 0.179 e. The molecule has 16 rings (SSSR count). The molecule has 0 atom stereocenters. The van der Waals surface area contributed by atoms with Crippen LogP contribution in [0.3, 0.4) is 0 Å². The fourth-order valence-corrected chi connectivity index (χ4v) is 16.6. The van der Waals surface area contributed by atoms with Gasteiger partial charge in [-0.15, -0.1) is 0 Å². The zero-order valence-electron chi connectivity index (χ0n) is 39.0. The molecule has 8 heterocycles. The lowest BCUT2D eigenvalue weighted by Gasteiger charge is -2.35. The predicted octanol–water partition coefficient (Wildman–Crippen LogP) is 9.43. The van der Waals surface area contributed by atoms with Crippen LogP contribution in [-0.4, -0.2) is 64.8 Å². The van der Waals surface area contributed by atoms with E-state index in [1.807, 2.05) is 42.8 Å². The topological polar surface area (TPSA) is 88.9 Å². The molecule has 13 heteroatoms. The summed E-state index contributed by atoms with van der Waals surface area (Å²) in [5, 5.41) is 23.9. The van der Waals surface area contributed by atoms with E-state index < -0.39 is 8.07 Å². The summed E-state index contributed by atoms with van der Waals surface area (Å²) >= 11 is 0. The molecule has 0 N–H and O–H groups in total. The van der Waals surface area contributed by atoms with Crippen molar-refractivity contribution in [1.82, 2.24) is 56.7 Å². The fourth-order valence-electron chi connectivity index (χ4n) is 12.0. The van der Waals surface area contributed by atoms with Crippen molar-refractivity contribution in [2.75, 3.05) is 0 Å². The van der Waals surface area contributed by atoms with Crippen molar-refractivity contribution < 1.29 is 0 Å². The number of hydrogen-bond donors (Lipinski definition) is 0. The zero-order valence-corrected chi connectivity index (χ0v) is 40.0. The SMILES string of the molecule is c1ccc2c(c1)n(-c1ccc([Si](c3ccc(-n4c5ccccc5n5nccc45)cc3)(c3ccc(-n4c5ccccc5n5nccc45)cc3)c3ccc(-n4c5ccccc5n5nccc45)cc3)cc1)c1ccnn21. The van der Waals surface area contributed by atoms with Crippen molar-refractivity contribution in [2.45, 2.75) is 0 Å². The first-order valence-corrected chi connectivity index (χ1v) is 26.4. The number of para-hydroxylation sites is 8. The molecule has 0 spiro atoms. The molecule has 0 radical (unpaired) electrons. The lowest BCUT2D eigenvalue weighted by atomic mass is 10.2. The predicted molar refractivity (Wildman–Crippen MR) is 292 cm³/mol. The summed E-state index contributed by atoms with van der Waals surface area (Å²) < 4.78 is 17.3. The molecular weight excluding hydrogens is 917 g/mol. The molecule has 0 saturated carbocycles. The average molecular weight is 957 g/mol. The van der Waals surface area contributed by atoms with Crippen LogP contribution in [0.15, 0.2) is 243 Å². The fraction of sp³-hybridized carbons (Fsp3) is 0. The third kappa shape index (κ3) is 5.47. The second-order valence-corrected chi connectivity index (χ2v) is 22.4. The van der Waals surface area contributed by atoms with Gasteiger partial charge in [0.2, 0.25) is 0 Å². The van der Waals surface area contributed by atoms with Crippen molar-refractivity contribution in [3.05, 3.63) is 243 Å². The Kier molecular flexibility index (Phi) is 8.19. The van der Waals surface area contributed by atoms with Crippen LogP contribution in [-0.2, 0) is 0 Å². The largest absolute Gasteiger partial charge is 0.293 e. The van der Waals surface area contributed by atoms with Gasteiger partial charge in [-0.3, -0.25) is 18.3 Å². The first kappa shape index (κ1) is 39.8. The molecule has 0 aliphatic carbocycles. The van der Waals surface area contributed by atoms with E-state index >= 15 is 0 Å². The van der Waals surface area contributed by atoms with E-state index in [0.29, 0.717) is 0 Å². The van der Waals surface area contributed by atoms with Crippen molar-refractivity contribution in [1.29, 1.82) is 0 Å². The molecule has 0 bridgehead atoms. The Morgan fingerprint density at radius 1 is 0.219 bits per heavy atom. The molecule has 0 amide bonds. The van der Waals surface area contributed by atoms with Crippen LogP contribution in [0.1, 0.15) is 0 Å². The number of nitrogens with zero attached hydrogens (tertiary/aromatic N) is 12. The Labute approximate surface area is 416 Å². The number of hydrogen-bond acceptors (Lipinski definition) is 4. The number of aromatic nitrogens is 12. The van der Waals surface area contributed by atoms with Gasteiger partial charge >= 0.3 is 0 Å². The Morgan fingerprint density at radius 3 is 0.644 bits per heavy atom. The highest BCUT2D eigenvalue weighted by molar-refractivity contribution is 7.19. The van der Waals surface area contributed by atoms with Crippen molar-refractivity contribution >= 4 is 95.5 Å². The van der Waals surface area contributed by atoms with Crippen LogP contribution < -0.4 is 20.7 Å². The van der Waals surface area contributed by atoms with E-state index in [9.17, 15) is 0 Å². The number of fused-ring (bicyclic) bond motifs is 12. The van der Waals surface area contributed by atoms with Gasteiger partial charge in [0.15, 0.2) is 8.07 Å². The first-order valence-electron chi connectivity index (χ1n) is 24.4. The summed E-state index contributed by atoms with van der Waals surface area (Å²) in [6.07, 6.45) is 7.50. The monoisotopic (exact) mass is 956 g/mol. The van der Waals surface area contributed by atoms with Gasteiger partial charge in [0.25, 0.3) is 0 Å². The maximum absolute atomic E-state index is 4.72. The Hall–Kier alpha value is -9.98. The van der Waals surface area contributed by atoms with E-state index in [4.69, 9.17) is 20.4 Å². The molecule has 8 aromatic carbocycles. The standard InChI is InChI=1S/C60H40N12Si/c1-5-13-53-49(9-1)65(57-33-37-61-69(53)57)41-17-25-45(26-18-41)73(46-27-19-42(20-28-46)66-50-10-2-6-14-54(50)70-58(66)34-38-62-70,47-29-21-43(22-30-47)67-51-11-3-7-15-55(51)71-59(67)35-39-63-71)48-31-23-44(24-32-48)68-52-12-4-8-16-56(52)72-60(68)36-40-64-72/h1-40H. The minimum absolute atomic E-state index is 1.01. The maximum atomic E-state index is 4.72. The molecule has 0 fully saturated rings. The van der Waals surface area contributed by atoms with Gasteiger partial charge < -0.3 is 0 Å². The molecule has 344 valence electrons. The smallest absolute Gasteiger partial charge is 0.179 e. The lowest BCUT2D eigenvalue weighted by Crippen LogP contribution is -2.74. The summed E-state index contributed by atoms with van der Waals surface area (Å²) in [6.45, 7) is 0. The van der Waals surface area contributed by atoms with E-state index in [2.05, 4.69) is 237 Å². The van der Waals surface area contributed by atoms with Gasteiger partial charge in [0.1, 0.15) is 22.6 Å². The zero-order chi connectivity index (χ0) is 47.8. The van der Waals surface area contributed by atoms with Gasteiger partial charge in [-0.1, -0.05) is 97.1 Å². The van der Waals surface area contributed by atoms with Crippen LogP contribution in [0, 0.1) is 0 Å². The molecular formula is C60H40N12Si. The molecule has 73 heavy (non-hydrogen) atoms. The molecule has 16 aromatic rings. The third-order valence-electron chi connectivity index (χ3n) is 15.0. The molecule has 0 saturated heterocycles. The van der Waals surface area contributed by atoms with Gasteiger partial charge in [-0.2, -0.15) is 20.4 Å². The quantitative estimate of drug-likeness (QED) is 0.112. The van der Waals surface area contributed by atoms with E-state index in [1.54, 1.807) is 0 Å². The Morgan fingerprint density at radius 2 is 0.425 bits per heavy atom. The van der Waals surface area contributed by atoms with Gasteiger partial charge in [-0.05, 0) is 118 Å². The molecule has 8 aromatic heterocycles. The highest BCUT2D eigenvalue weighted by atomic mass is 28.3. The Balaban J connectivity index is 0.943. The third-order valence-corrected chi connectivity index (χ3v) is 19.8. The summed E-state index contributed by atoms with van der Waals surface area (Å²) in [4.78, 5) is 0. The summed E-state index contributed by atoms with van der Waals surface area (Å²) in [5.74, 6) is 0. The van der Waals surface area contributed by atoms with Crippen LogP contribution in [0.5, 0.6) is 0 Å². The van der Waals surface area contributed by atoms with Crippen LogP contribution in [0.25, 0.3) is 89.5 Å². The van der Waals surface area contributed by atoms with Gasteiger partial charge in [0.05, 0.1) is 68.9 Å². The highest BCUT2D eigenvalue weighted by Crippen LogP contribution is 2.30. The summed E-state index contributed by atoms with van der Waals surface area (Å²) in [7, 11) is -3.22. The van der Waals surface area contributed by atoms with Crippen LogP contribution in [0.4, 0.5) is 0 Å². The first-order chi connectivity index (χ1) is 36.2. The normalized spacial score (nSPS) is 12.4. The van der Waals surface area contributed by atoms with Crippen molar-refractivity contribution in [2.24, 2.45) is 0 Å². The van der Waals surface area contributed by atoms with E-state index in [-0.39, 0.29) is 0 Å². The van der Waals surface area contributed by atoms with E-state index in [1.165, 1.54) is 20.7 Å². The van der Waals surface area contributed by atoms with Gasteiger partial charge in [0, 0.05) is 47.0 Å². The highest BCUT2D eigenvalue weighted by Gasteiger charge is 2.42. The van der Waals surface area contributed by atoms with Crippen molar-refractivity contribution in [3.8, 4) is 22.7 Å². The number of imidazole rings is 4. The van der Waals surface area contributed by atoms with Gasteiger partial charge in [-0.25, -0.2) is 18.1 Å². The van der Waals surface area contributed by atoms with Crippen LogP contribution in [0.2, 0.25) is 0 Å². The second kappa shape index (κ2) is 15.0. The van der Waals surface area contributed by atoms with E-state index in [0.717, 1.165) is 89.5 Å². The molecule has 0 aliphatic rings. The number of benzene rings is 8. The Bertz CT molecular complexity index is 4170. The molecule has 0 aliphatic heterocycles. The molecule has 0 unspecified atom stereocenters.